The SMILES string of the molecule is CCCCNC(=O)[C@H](Cc1ccccc1)N(Cc1ccc(C)cc1)C(=O)CN(c1cccc(Cl)c1)S(=O)(=O)c1ccc(OC)cc1. The van der Waals surface area contributed by atoms with Crippen LogP contribution >= 0.6 is 11.6 Å². The zero-order valence-electron chi connectivity index (χ0n) is 26.4. The third kappa shape index (κ3) is 9.11. The Hall–Kier alpha value is -4.34. The summed E-state index contributed by atoms with van der Waals surface area (Å²) in [6, 6.07) is 28.6. The van der Waals surface area contributed by atoms with Crippen molar-refractivity contribution in [3.63, 3.8) is 0 Å². The number of anilines is 1. The first-order chi connectivity index (χ1) is 22.1. The Balaban J connectivity index is 1.78. The van der Waals surface area contributed by atoms with Crippen LogP contribution in [-0.2, 0) is 32.6 Å². The highest BCUT2D eigenvalue weighted by atomic mass is 35.5. The van der Waals surface area contributed by atoms with Gasteiger partial charge in [-0.05, 0) is 66.9 Å². The van der Waals surface area contributed by atoms with E-state index in [1.165, 1.54) is 30.2 Å². The van der Waals surface area contributed by atoms with Gasteiger partial charge in [-0.3, -0.25) is 13.9 Å². The Bertz CT molecular complexity index is 1700. The molecule has 0 heterocycles. The molecule has 1 N–H and O–H groups in total. The van der Waals surface area contributed by atoms with Crippen LogP contribution in [0, 0.1) is 6.92 Å². The molecule has 0 aliphatic carbocycles. The number of nitrogens with zero attached hydrogens (tertiary/aromatic N) is 2. The van der Waals surface area contributed by atoms with E-state index in [1.807, 2.05) is 68.4 Å². The third-order valence-corrected chi connectivity index (χ3v) is 9.62. The lowest BCUT2D eigenvalue weighted by Gasteiger charge is -2.34. The van der Waals surface area contributed by atoms with Crippen molar-refractivity contribution in [2.24, 2.45) is 0 Å². The van der Waals surface area contributed by atoms with Gasteiger partial charge in [0.25, 0.3) is 10.0 Å². The minimum atomic E-state index is -4.25. The third-order valence-electron chi connectivity index (χ3n) is 7.60. The summed E-state index contributed by atoms with van der Waals surface area (Å²) >= 11 is 6.30. The van der Waals surface area contributed by atoms with Crippen LogP contribution in [0.4, 0.5) is 5.69 Å². The van der Waals surface area contributed by atoms with E-state index in [0.717, 1.165) is 33.8 Å². The lowest BCUT2D eigenvalue weighted by atomic mass is 10.0. The number of ether oxygens (including phenoxy) is 1. The summed E-state index contributed by atoms with van der Waals surface area (Å²) in [5, 5.41) is 3.31. The van der Waals surface area contributed by atoms with Crippen LogP contribution in [0.25, 0.3) is 0 Å². The fourth-order valence-corrected chi connectivity index (χ4v) is 6.58. The Morgan fingerprint density at radius 1 is 0.891 bits per heavy atom. The summed E-state index contributed by atoms with van der Waals surface area (Å²) < 4.78 is 34.6. The van der Waals surface area contributed by atoms with Crippen LogP contribution < -0.4 is 14.4 Å². The molecule has 0 unspecified atom stereocenters. The van der Waals surface area contributed by atoms with Gasteiger partial charge >= 0.3 is 0 Å². The number of aryl methyl sites for hydroxylation is 1. The average Bonchev–Trinajstić information content (AvgIpc) is 3.06. The largest absolute Gasteiger partial charge is 0.497 e. The van der Waals surface area contributed by atoms with Crippen LogP contribution in [0.1, 0.15) is 36.5 Å². The highest BCUT2D eigenvalue weighted by Gasteiger charge is 2.34. The number of carbonyl (C=O) groups excluding carboxylic acids is 2. The number of hydrogen-bond donors (Lipinski definition) is 1. The van der Waals surface area contributed by atoms with E-state index in [9.17, 15) is 18.0 Å². The first kappa shape index (κ1) is 34.5. The monoisotopic (exact) mass is 661 g/mol. The molecular formula is C36H40ClN3O5S. The van der Waals surface area contributed by atoms with E-state index in [1.54, 1.807) is 30.3 Å². The second-order valence-corrected chi connectivity index (χ2v) is 13.3. The van der Waals surface area contributed by atoms with Crippen LogP contribution in [-0.4, -0.2) is 51.4 Å². The minimum absolute atomic E-state index is 0.0238. The fraction of sp³-hybridized carbons (Fsp3) is 0.278. The molecule has 0 radical (unpaired) electrons. The topological polar surface area (TPSA) is 96.0 Å². The maximum Gasteiger partial charge on any atom is 0.264 e. The quantitative estimate of drug-likeness (QED) is 0.149. The maximum atomic E-state index is 14.5. The lowest BCUT2D eigenvalue weighted by Crippen LogP contribution is -2.53. The van der Waals surface area contributed by atoms with Crippen LogP contribution in [0.2, 0.25) is 5.02 Å². The Morgan fingerprint density at radius 3 is 2.22 bits per heavy atom. The maximum absolute atomic E-state index is 14.5. The number of hydrogen-bond acceptors (Lipinski definition) is 5. The van der Waals surface area contributed by atoms with E-state index in [4.69, 9.17) is 16.3 Å². The Kier molecular flexibility index (Phi) is 12.2. The molecule has 0 aromatic heterocycles. The van der Waals surface area contributed by atoms with Crippen molar-refractivity contribution < 1.29 is 22.7 Å². The molecule has 0 bridgehead atoms. The number of methoxy groups -OCH3 is 1. The van der Waals surface area contributed by atoms with Gasteiger partial charge in [0.2, 0.25) is 11.8 Å². The molecule has 0 fully saturated rings. The highest BCUT2D eigenvalue weighted by molar-refractivity contribution is 7.92. The molecule has 0 spiro atoms. The lowest BCUT2D eigenvalue weighted by molar-refractivity contribution is -0.140. The first-order valence-corrected chi connectivity index (χ1v) is 17.0. The van der Waals surface area contributed by atoms with Crippen molar-refractivity contribution >= 4 is 39.1 Å². The molecule has 242 valence electrons. The van der Waals surface area contributed by atoms with E-state index >= 15 is 0 Å². The second-order valence-electron chi connectivity index (χ2n) is 11.0. The van der Waals surface area contributed by atoms with Gasteiger partial charge in [0.05, 0.1) is 17.7 Å². The normalized spacial score (nSPS) is 11.8. The van der Waals surface area contributed by atoms with Crippen molar-refractivity contribution in [1.29, 1.82) is 0 Å². The minimum Gasteiger partial charge on any atom is -0.497 e. The van der Waals surface area contributed by atoms with Gasteiger partial charge < -0.3 is 15.0 Å². The summed E-state index contributed by atoms with van der Waals surface area (Å²) in [6.07, 6.45) is 1.94. The van der Waals surface area contributed by atoms with E-state index < -0.39 is 28.5 Å². The smallest absolute Gasteiger partial charge is 0.264 e. The van der Waals surface area contributed by atoms with E-state index in [-0.39, 0.29) is 29.5 Å². The van der Waals surface area contributed by atoms with Gasteiger partial charge in [-0.25, -0.2) is 8.42 Å². The number of sulfonamides is 1. The molecule has 1 atom stereocenters. The van der Waals surface area contributed by atoms with Gasteiger partial charge in [-0.15, -0.1) is 0 Å². The first-order valence-electron chi connectivity index (χ1n) is 15.2. The van der Waals surface area contributed by atoms with Crippen LogP contribution in [0.15, 0.2) is 108 Å². The Morgan fingerprint density at radius 2 is 1.59 bits per heavy atom. The molecular weight excluding hydrogens is 622 g/mol. The van der Waals surface area contributed by atoms with Gasteiger partial charge in [-0.2, -0.15) is 0 Å². The molecule has 8 nitrogen and oxygen atoms in total. The molecule has 10 heteroatoms. The standard InChI is InChI=1S/C36H40ClN3O5S/c1-4-5-22-38-36(42)34(23-28-10-7-6-8-11-28)39(25-29-16-14-27(2)15-17-29)35(41)26-40(31-13-9-12-30(37)24-31)46(43,44)33-20-18-32(45-3)19-21-33/h6-21,24,34H,4-5,22-23,25-26H2,1-3H3,(H,38,42)/t34-/m0/s1. The number of benzene rings is 4. The number of rotatable bonds is 15. The predicted octanol–water partition coefficient (Wildman–Crippen LogP) is 6.41. The number of halogens is 1. The van der Waals surface area contributed by atoms with Crippen molar-refractivity contribution in [2.45, 2.75) is 50.6 Å². The van der Waals surface area contributed by atoms with Crippen molar-refractivity contribution in [3.05, 3.63) is 125 Å². The summed E-state index contributed by atoms with van der Waals surface area (Å²) in [4.78, 5) is 29.8. The second kappa shape index (κ2) is 16.3. The van der Waals surface area contributed by atoms with Crippen molar-refractivity contribution in [1.82, 2.24) is 10.2 Å². The fourth-order valence-electron chi connectivity index (χ4n) is 4.99. The van der Waals surface area contributed by atoms with Gasteiger partial charge in [-0.1, -0.05) is 91.2 Å². The van der Waals surface area contributed by atoms with Gasteiger partial charge in [0.15, 0.2) is 0 Å². The molecule has 4 aromatic carbocycles. The summed E-state index contributed by atoms with van der Waals surface area (Å²) in [6.45, 7) is 4.01. The number of amides is 2. The Labute approximate surface area is 277 Å². The highest BCUT2D eigenvalue weighted by Crippen LogP contribution is 2.28. The molecule has 0 saturated carbocycles. The van der Waals surface area contributed by atoms with Crippen LogP contribution in [0.3, 0.4) is 0 Å². The van der Waals surface area contributed by atoms with Crippen molar-refractivity contribution in [3.8, 4) is 5.75 Å². The number of unbranched alkanes of at least 4 members (excludes halogenated alkanes) is 1. The summed E-state index contributed by atoms with van der Waals surface area (Å²) in [5.41, 5.74) is 2.96. The predicted molar refractivity (Wildman–Crippen MR) is 183 cm³/mol. The molecule has 0 saturated heterocycles. The summed E-state index contributed by atoms with van der Waals surface area (Å²) in [7, 11) is -2.76. The van der Waals surface area contributed by atoms with E-state index in [2.05, 4.69) is 5.32 Å². The molecule has 0 aliphatic rings. The van der Waals surface area contributed by atoms with E-state index in [0.29, 0.717) is 17.3 Å². The van der Waals surface area contributed by atoms with Gasteiger partial charge in [0.1, 0.15) is 18.3 Å². The molecule has 4 rings (SSSR count). The molecule has 0 aliphatic heterocycles. The zero-order valence-corrected chi connectivity index (χ0v) is 27.9. The average molecular weight is 662 g/mol. The van der Waals surface area contributed by atoms with Crippen LogP contribution in [0.5, 0.6) is 5.75 Å². The molecule has 4 aromatic rings. The van der Waals surface area contributed by atoms with Crippen molar-refractivity contribution in [2.75, 3.05) is 24.5 Å². The number of nitrogens with one attached hydrogen (secondary N) is 1. The molecule has 2 amide bonds. The molecule has 46 heavy (non-hydrogen) atoms. The van der Waals surface area contributed by atoms with Gasteiger partial charge in [0, 0.05) is 24.5 Å². The summed E-state index contributed by atoms with van der Waals surface area (Å²) in [5.74, 6) is -0.347. The number of carbonyl (C=O) groups is 2. The zero-order chi connectivity index (χ0) is 33.1.